The molecule has 0 radical (unpaired) electrons. The fourth-order valence-corrected chi connectivity index (χ4v) is 2.01. The third kappa shape index (κ3) is 4.88. The van der Waals surface area contributed by atoms with Crippen molar-refractivity contribution in [3.63, 3.8) is 0 Å². The number of nitrogens with one attached hydrogen (secondary N) is 1. The van der Waals surface area contributed by atoms with E-state index >= 15 is 0 Å². The predicted octanol–water partition coefficient (Wildman–Crippen LogP) is 2.79. The van der Waals surface area contributed by atoms with Crippen molar-refractivity contribution in [2.24, 2.45) is 0 Å². The van der Waals surface area contributed by atoms with Crippen LogP contribution >= 0.6 is 15.9 Å². The molecule has 3 nitrogen and oxygen atoms in total. The van der Waals surface area contributed by atoms with Crippen LogP contribution in [0.4, 0.5) is 0 Å². The van der Waals surface area contributed by atoms with Crippen LogP contribution in [0.25, 0.3) is 0 Å². The Balaban J connectivity index is 2.53. The first-order valence-corrected chi connectivity index (χ1v) is 6.40. The van der Waals surface area contributed by atoms with Crippen LogP contribution in [0.3, 0.4) is 0 Å². The Morgan fingerprint density at radius 1 is 1.47 bits per heavy atom. The second kappa shape index (κ2) is 6.17. The molecule has 0 aliphatic heterocycles. The summed E-state index contributed by atoms with van der Waals surface area (Å²) >= 11 is 3.46. The number of carbonyl (C=O) groups is 1. The van der Waals surface area contributed by atoms with Crippen molar-refractivity contribution >= 4 is 21.9 Å². The fraction of sp³-hybridized carbons (Fsp3) is 0.462. The number of aliphatic carboxylic acids is 1. The van der Waals surface area contributed by atoms with E-state index in [2.05, 4.69) is 47.2 Å². The van der Waals surface area contributed by atoms with Gasteiger partial charge in [-0.05, 0) is 17.7 Å². The summed E-state index contributed by atoms with van der Waals surface area (Å²) in [4.78, 5) is 10.4. The van der Waals surface area contributed by atoms with Crippen LogP contribution in [0, 0.1) is 0 Å². The van der Waals surface area contributed by atoms with Gasteiger partial charge < -0.3 is 10.4 Å². The van der Waals surface area contributed by atoms with Gasteiger partial charge in [0, 0.05) is 23.0 Å². The highest BCUT2D eigenvalue weighted by atomic mass is 79.9. The lowest BCUT2D eigenvalue weighted by Crippen LogP contribution is -2.34. The van der Waals surface area contributed by atoms with Crippen molar-refractivity contribution in [2.45, 2.75) is 25.7 Å². The molecule has 0 spiro atoms. The third-order valence-electron chi connectivity index (χ3n) is 2.69. The van der Waals surface area contributed by atoms with Gasteiger partial charge in [0.2, 0.25) is 0 Å². The molecule has 0 bridgehead atoms. The maximum atomic E-state index is 10.4. The van der Waals surface area contributed by atoms with Crippen molar-refractivity contribution in [2.75, 3.05) is 13.1 Å². The minimum Gasteiger partial charge on any atom is -0.481 e. The van der Waals surface area contributed by atoms with Crippen LogP contribution < -0.4 is 5.32 Å². The summed E-state index contributed by atoms with van der Waals surface area (Å²) in [5.74, 6) is -0.766. The first kappa shape index (κ1) is 14.2. The Hall–Kier alpha value is -0.870. The summed E-state index contributed by atoms with van der Waals surface area (Å²) in [5.41, 5.74) is 1.22. The summed E-state index contributed by atoms with van der Waals surface area (Å²) in [6.45, 7) is 5.55. The van der Waals surface area contributed by atoms with Gasteiger partial charge in [-0.1, -0.05) is 41.9 Å². The minimum atomic E-state index is -0.766. The van der Waals surface area contributed by atoms with Crippen LogP contribution in [0.5, 0.6) is 0 Å². The standard InChI is InChI=1S/C13H18BrNO2/c1-13(2,9-15-7-6-12(16)17)10-4-3-5-11(14)8-10/h3-5,8,15H,6-7,9H2,1-2H3,(H,16,17). The third-order valence-corrected chi connectivity index (χ3v) is 3.18. The second-order valence-corrected chi connectivity index (χ2v) is 5.63. The Morgan fingerprint density at radius 3 is 2.76 bits per heavy atom. The van der Waals surface area contributed by atoms with Gasteiger partial charge in [0.05, 0.1) is 6.42 Å². The molecule has 0 fully saturated rings. The van der Waals surface area contributed by atoms with Crippen molar-refractivity contribution in [3.8, 4) is 0 Å². The molecule has 1 aromatic rings. The van der Waals surface area contributed by atoms with E-state index in [1.807, 2.05) is 12.1 Å². The Labute approximate surface area is 110 Å². The average molecular weight is 300 g/mol. The van der Waals surface area contributed by atoms with Crippen LogP contribution in [-0.4, -0.2) is 24.2 Å². The van der Waals surface area contributed by atoms with E-state index < -0.39 is 5.97 Å². The molecular weight excluding hydrogens is 282 g/mol. The van der Waals surface area contributed by atoms with Crippen molar-refractivity contribution < 1.29 is 9.90 Å². The van der Waals surface area contributed by atoms with Crippen LogP contribution in [0.15, 0.2) is 28.7 Å². The highest BCUT2D eigenvalue weighted by Gasteiger charge is 2.20. The monoisotopic (exact) mass is 299 g/mol. The fourth-order valence-electron chi connectivity index (χ4n) is 1.61. The summed E-state index contributed by atoms with van der Waals surface area (Å²) in [6.07, 6.45) is 0.161. The molecule has 0 saturated heterocycles. The molecule has 17 heavy (non-hydrogen) atoms. The topological polar surface area (TPSA) is 49.3 Å². The largest absolute Gasteiger partial charge is 0.481 e. The Kier molecular flexibility index (Phi) is 5.15. The summed E-state index contributed by atoms with van der Waals surface area (Å²) in [6, 6.07) is 8.19. The van der Waals surface area contributed by atoms with Crippen LogP contribution in [-0.2, 0) is 10.2 Å². The van der Waals surface area contributed by atoms with E-state index in [0.717, 1.165) is 11.0 Å². The molecular formula is C13H18BrNO2. The molecule has 0 aliphatic carbocycles. The molecule has 1 rings (SSSR count). The van der Waals surface area contributed by atoms with Gasteiger partial charge in [0.15, 0.2) is 0 Å². The smallest absolute Gasteiger partial charge is 0.304 e. The number of benzene rings is 1. The van der Waals surface area contributed by atoms with Gasteiger partial charge in [-0.3, -0.25) is 4.79 Å². The van der Waals surface area contributed by atoms with Gasteiger partial charge in [0.25, 0.3) is 0 Å². The number of hydrogen-bond acceptors (Lipinski definition) is 2. The summed E-state index contributed by atoms with van der Waals surface area (Å²) < 4.78 is 1.06. The zero-order valence-corrected chi connectivity index (χ0v) is 11.8. The molecule has 0 heterocycles. The Bertz CT molecular complexity index is 391. The first-order chi connectivity index (χ1) is 7.92. The van der Waals surface area contributed by atoms with Crippen molar-refractivity contribution in [1.29, 1.82) is 0 Å². The van der Waals surface area contributed by atoms with Gasteiger partial charge in [-0.15, -0.1) is 0 Å². The van der Waals surface area contributed by atoms with E-state index in [9.17, 15) is 4.79 Å². The number of carboxylic acids is 1. The molecule has 0 saturated carbocycles. The van der Waals surface area contributed by atoms with Gasteiger partial charge in [-0.2, -0.15) is 0 Å². The number of rotatable bonds is 6. The van der Waals surface area contributed by atoms with Crippen LogP contribution in [0.1, 0.15) is 25.8 Å². The lowest BCUT2D eigenvalue weighted by molar-refractivity contribution is -0.136. The molecule has 94 valence electrons. The molecule has 0 unspecified atom stereocenters. The number of halogens is 1. The number of hydrogen-bond donors (Lipinski definition) is 2. The molecule has 0 aromatic heterocycles. The van der Waals surface area contributed by atoms with Crippen molar-refractivity contribution in [1.82, 2.24) is 5.32 Å². The molecule has 0 amide bonds. The van der Waals surface area contributed by atoms with E-state index in [0.29, 0.717) is 6.54 Å². The molecule has 0 atom stereocenters. The van der Waals surface area contributed by atoms with Gasteiger partial charge >= 0.3 is 5.97 Å². The van der Waals surface area contributed by atoms with E-state index in [1.165, 1.54) is 5.56 Å². The van der Waals surface area contributed by atoms with Gasteiger partial charge in [-0.25, -0.2) is 0 Å². The SMILES string of the molecule is CC(C)(CNCCC(=O)O)c1cccc(Br)c1. The lowest BCUT2D eigenvalue weighted by Gasteiger charge is -2.26. The molecule has 4 heteroatoms. The molecule has 1 aromatic carbocycles. The maximum Gasteiger partial charge on any atom is 0.304 e. The average Bonchev–Trinajstić information content (AvgIpc) is 2.24. The van der Waals surface area contributed by atoms with E-state index in [-0.39, 0.29) is 11.8 Å². The zero-order chi connectivity index (χ0) is 12.9. The normalized spacial score (nSPS) is 11.5. The summed E-state index contributed by atoms with van der Waals surface area (Å²) in [7, 11) is 0. The molecule has 2 N–H and O–H groups in total. The Morgan fingerprint density at radius 2 is 2.18 bits per heavy atom. The quantitative estimate of drug-likeness (QED) is 0.794. The van der Waals surface area contributed by atoms with Crippen LogP contribution in [0.2, 0.25) is 0 Å². The minimum absolute atomic E-state index is 0.0116. The lowest BCUT2D eigenvalue weighted by atomic mass is 9.84. The maximum absolute atomic E-state index is 10.4. The number of carboxylic acid groups (broad SMARTS) is 1. The van der Waals surface area contributed by atoms with Crippen molar-refractivity contribution in [3.05, 3.63) is 34.3 Å². The molecule has 0 aliphatic rings. The highest BCUT2D eigenvalue weighted by molar-refractivity contribution is 9.10. The summed E-state index contributed by atoms with van der Waals surface area (Å²) in [5, 5.41) is 11.7. The van der Waals surface area contributed by atoms with Gasteiger partial charge in [0.1, 0.15) is 0 Å². The first-order valence-electron chi connectivity index (χ1n) is 5.60. The predicted molar refractivity (Wildman–Crippen MR) is 72.3 cm³/mol. The second-order valence-electron chi connectivity index (χ2n) is 4.71. The zero-order valence-electron chi connectivity index (χ0n) is 10.2. The van der Waals surface area contributed by atoms with E-state index in [4.69, 9.17) is 5.11 Å². The highest BCUT2D eigenvalue weighted by Crippen LogP contribution is 2.24. The van der Waals surface area contributed by atoms with E-state index in [1.54, 1.807) is 0 Å².